The maximum atomic E-state index is 13.8. The van der Waals surface area contributed by atoms with Gasteiger partial charge < -0.3 is 10.6 Å². The van der Waals surface area contributed by atoms with Gasteiger partial charge in [0.1, 0.15) is 11.6 Å². The van der Waals surface area contributed by atoms with Crippen molar-refractivity contribution in [2.75, 3.05) is 11.9 Å². The van der Waals surface area contributed by atoms with Gasteiger partial charge in [0.05, 0.1) is 16.9 Å². The van der Waals surface area contributed by atoms with Crippen LogP contribution in [0.15, 0.2) is 30.5 Å². The highest BCUT2D eigenvalue weighted by molar-refractivity contribution is 6.04. The minimum absolute atomic E-state index is 0.0417. The first kappa shape index (κ1) is 20.9. The third-order valence-electron chi connectivity index (χ3n) is 5.24. The number of nitrogens with one attached hydrogen (secondary N) is 2. The summed E-state index contributed by atoms with van der Waals surface area (Å²) in [7, 11) is 0. The van der Waals surface area contributed by atoms with Crippen LogP contribution in [0.1, 0.15) is 60.4 Å². The number of hydrogen-bond acceptors (Lipinski definition) is 4. The maximum absolute atomic E-state index is 13.8. The first-order valence-corrected chi connectivity index (χ1v) is 10.2. The normalized spacial score (nSPS) is 14.4. The summed E-state index contributed by atoms with van der Waals surface area (Å²) < 4.78 is 13.8. The van der Waals surface area contributed by atoms with Crippen LogP contribution >= 0.6 is 0 Å². The molecule has 154 valence electrons. The predicted molar refractivity (Wildman–Crippen MR) is 109 cm³/mol. The summed E-state index contributed by atoms with van der Waals surface area (Å²) in [6.07, 6.45) is 8.33. The van der Waals surface area contributed by atoms with Gasteiger partial charge in [-0.25, -0.2) is 14.4 Å². The predicted octanol–water partition coefficient (Wildman–Crippen LogP) is 3.81. The Morgan fingerprint density at radius 1 is 1.17 bits per heavy atom. The molecule has 0 bridgehead atoms. The molecule has 29 heavy (non-hydrogen) atoms. The number of aromatic nitrogens is 2. The molecule has 1 heterocycles. The Bertz CT molecular complexity index is 866. The van der Waals surface area contributed by atoms with Crippen LogP contribution in [0, 0.1) is 18.7 Å². The smallest absolute Gasteiger partial charge is 0.259 e. The van der Waals surface area contributed by atoms with Gasteiger partial charge in [-0.15, -0.1) is 0 Å². The van der Waals surface area contributed by atoms with E-state index in [0.717, 1.165) is 12.8 Å². The van der Waals surface area contributed by atoms with E-state index in [1.165, 1.54) is 37.6 Å². The van der Waals surface area contributed by atoms with Crippen molar-refractivity contribution in [1.29, 1.82) is 0 Å². The molecule has 3 rings (SSSR count). The Balaban J connectivity index is 1.59. The molecule has 0 aliphatic heterocycles. The monoisotopic (exact) mass is 398 g/mol. The highest BCUT2D eigenvalue weighted by Crippen LogP contribution is 2.26. The quantitative estimate of drug-likeness (QED) is 0.743. The third-order valence-corrected chi connectivity index (χ3v) is 5.24. The zero-order chi connectivity index (χ0) is 20.6. The molecule has 1 aliphatic rings. The lowest BCUT2D eigenvalue weighted by atomic mass is 9.87. The van der Waals surface area contributed by atoms with Gasteiger partial charge in [0.25, 0.3) is 5.91 Å². The lowest BCUT2D eigenvalue weighted by molar-refractivity contribution is -0.122. The largest absolute Gasteiger partial charge is 0.356 e. The average Bonchev–Trinajstić information content (AvgIpc) is 2.70. The Kier molecular flexibility index (Phi) is 7.27. The first-order chi connectivity index (χ1) is 14.0. The molecule has 1 fully saturated rings. The number of para-hydroxylation sites is 1. The molecule has 7 heteroatoms. The van der Waals surface area contributed by atoms with E-state index in [-0.39, 0.29) is 17.2 Å². The summed E-state index contributed by atoms with van der Waals surface area (Å²) in [6.45, 7) is 2.13. The van der Waals surface area contributed by atoms with Crippen molar-refractivity contribution in [3.63, 3.8) is 0 Å². The fourth-order valence-electron chi connectivity index (χ4n) is 3.70. The van der Waals surface area contributed by atoms with Gasteiger partial charge in [-0.2, -0.15) is 0 Å². The molecular formula is C22H27FN4O2. The van der Waals surface area contributed by atoms with E-state index in [1.54, 1.807) is 19.1 Å². The molecule has 1 saturated carbocycles. The molecule has 6 nitrogen and oxygen atoms in total. The summed E-state index contributed by atoms with van der Waals surface area (Å²) >= 11 is 0. The van der Waals surface area contributed by atoms with E-state index in [2.05, 4.69) is 20.6 Å². The number of anilines is 1. The van der Waals surface area contributed by atoms with E-state index < -0.39 is 11.7 Å². The summed E-state index contributed by atoms with van der Waals surface area (Å²) in [5.74, 6) is 0.0761. The molecule has 0 atom stereocenters. The number of benzene rings is 1. The molecule has 0 unspecified atom stereocenters. The van der Waals surface area contributed by atoms with Crippen LogP contribution in [0.4, 0.5) is 10.1 Å². The van der Waals surface area contributed by atoms with Gasteiger partial charge in [-0.05, 0) is 37.8 Å². The highest BCUT2D eigenvalue weighted by atomic mass is 19.1. The summed E-state index contributed by atoms with van der Waals surface area (Å²) in [4.78, 5) is 33.3. The average molecular weight is 398 g/mol. The van der Waals surface area contributed by atoms with Crippen LogP contribution < -0.4 is 10.6 Å². The van der Waals surface area contributed by atoms with E-state index >= 15 is 0 Å². The topological polar surface area (TPSA) is 84.0 Å². The lowest BCUT2D eigenvalue weighted by Gasteiger charge is -2.20. The standard InChI is InChI=1S/C22H27FN4O2/c1-15-25-14-17(22(29)27-20-10-6-5-9-18(20)23)19(26-15)11-12-24-21(28)13-16-7-3-2-4-8-16/h5-6,9-10,14,16H,2-4,7-8,11-13H2,1H3,(H,24,28)(H,27,29). The van der Waals surface area contributed by atoms with E-state index in [1.807, 2.05) is 0 Å². The van der Waals surface area contributed by atoms with Crippen LogP contribution in [0.5, 0.6) is 0 Å². The van der Waals surface area contributed by atoms with Gasteiger partial charge in [0, 0.05) is 25.6 Å². The zero-order valence-electron chi connectivity index (χ0n) is 16.7. The number of nitrogens with zero attached hydrogens (tertiary/aromatic N) is 2. The minimum Gasteiger partial charge on any atom is -0.356 e. The van der Waals surface area contributed by atoms with Gasteiger partial charge in [-0.1, -0.05) is 31.4 Å². The van der Waals surface area contributed by atoms with Crippen LogP contribution in [-0.2, 0) is 11.2 Å². The number of hydrogen-bond donors (Lipinski definition) is 2. The molecule has 1 aliphatic carbocycles. The van der Waals surface area contributed by atoms with Crippen molar-refractivity contribution in [1.82, 2.24) is 15.3 Å². The molecule has 2 aromatic rings. The first-order valence-electron chi connectivity index (χ1n) is 10.2. The van der Waals surface area contributed by atoms with E-state index in [4.69, 9.17) is 0 Å². The maximum Gasteiger partial charge on any atom is 0.259 e. The molecule has 0 radical (unpaired) electrons. The van der Waals surface area contributed by atoms with Gasteiger partial charge >= 0.3 is 0 Å². The van der Waals surface area contributed by atoms with Gasteiger partial charge in [0.15, 0.2) is 0 Å². The van der Waals surface area contributed by atoms with Crippen molar-refractivity contribution in [3.05, 3.63) is 53.4 Å². The number of rotatable bonds is 7. The second-order valence-electron chi connectivity index (χ2n) is 7.52. The fraction of sp³-hybridized carbons (Fsp3) is 0.455. The highest BCUT2D eigenvalue weighted by Gasteiger charge is 2.18. The molecule has 1 aromatic carbocycles. The molecule has 2 amide bonds. The summed E-state index contributed by atoms with van der Waals surface area (Å²) in [5, 5.41) is 5.49. The number of halogens is 1. The lowest BCUT2D eigenvalue weighted by Crippen LogP contribution is -2.29. The Labute approximate surface area is 170 Å². The molecule has 2 N–H and O–H groups in total. The minimum atomic E-state index is -0.509. The molecule has 1 aromatic heterocycles. The number of carbonyl (C=O) groups excluding carboxylic acids is 2. The zero-order valence-corrected chi connectivity index (χ0v) is 16.7. The van der Waals surface area contributed by atoms with Crippen molar-refractivity contribution in [3.8, 4) is 0 Å². The van der Waals surface area contributed by atoms with Crippen molar-refractivity contribution in [2.45, 2.75) is 51.9 Å². The van der Waals surface area contributed by atoms with Crippen LogP contribution in [0.25, 0.3) is 0 Å². The number of amides is 2. The third kappa shape index (κ3) is 6.07. The van der Waals surface area contributed by atoms with Crippen LogP contribution in [-0.4, -0.2) is 28.3 Å². The Morgan fingerprint density at radius 2 is 1.93 bits per heavy atom. The van der Waals surface area contributed by atoms with Crippen molar-refractivity contribution in [2.24, 2.45) is 5.92 Å². The number of carbonyl (C=O) groups is 2. The van der Waals surface area contributed by atoms with Crippen LogP contribution in [0.2, 0.25) is 0 Å². The second-order valence-corrected chi connectivity index (χ2v) is 7.52. The van der Waals surface area contributed by atoms with Gasteiger partial charge in [-0.3, -0.25) is 9.59 Å². The van der Waals surface area contributed by atoms with Crippen molar-refractivity contribution >= 4 is 17.5 Å². The second kappa shape index (κ2) is 10.1. The summed E-state index contributed by atoms with van der Waals surface area (Å²) in [6, 6.07) is 5.98. The SMILES string of the molecule is Cc1ncc(C(=O)Nc2ccccc2F)c(CCNC(=O)CC2CCCCC2)n1. The van der Waals surface area contributed by atoms with Crippen molar-refractivity contribution < 1.29 is 14.0 Å². The van der Waals surface area contributed by atoms with Gasteiger partial charge in [0.2, 0.25) is 5.91 Å². The molecular weight excluding hydrogens is 371 g/mol. The van der Waals surface area contributed by atoms with E-state index in [9.17, 15) is 14.0 Å². The summed E-state index contributed by atoms with van der Waals surface area (Å²) in [5.41, 5.74) is 0.912. The number of aryl methyl sites for hydroxylation is 1. The van der Waals surface area contributed by atoms with Crippen LogP contribution in [0.3, 0.4) is 0 Å². The Morgan fingerprint density at radius 3 is 2.69 bits per heavy atom. The van der Waals surface area contributed by atoms with E-state index in [0.29, 0.717) is 36.8 Å². The fourth-order valence-corrected chi connectivity index (χ4v) is 3.70. The Hall–Kier alpha value is -2.83. The molecule has 0 saturated heterocycles. The molecule has 0 spiro atoms.